The molecular formula is C13H14Cl2. The molecule has 2 heteroatoms. The van der Waals surface area contributed by atoms with E-state index < -0.39 is 0 Å². The Morgan fingerprint density at radius 3 is 2.80 bits per heavy atom. The third kappa shape index (κ3) is 4.57. The smallest absolute Gasteiger partial charge is 0.0597 e. The third-order valence-electron chi connectivity index (χ3n) is 2.04. The molecule has 1 aromatic rings. The highest BCUT2D eigenvalue weighted by molar-refractivity contribution is 6.32. The molecule has 0 aromatic heterocycles. The molecule has 0 aliphatic carbocycles. The van der Waals surface area contributed by atoms with Crippen LogP contribution in [0.4, 0.5) is 0 Å². The zero-order valence-corrected chi connectivity index (χ0v) is 10.3. The van der Waals surface area contributed by atoms with E-state index >= 15 is 0 Å². The Balaban J connectivity index is 2.76. The molecule has 0 fully saturated rings. The molecule has 0 amide bonds. The van der Waals surface area contributed by atoms with Crippen LogP contribution >= 0.6 is 23.2 Å². The highest BCUT2D eigenvalue weighted by Gasteiger charge is 1.93. The lowest BCUT2D eigenvalue weighted by molar-refractivity contribution is 0.808. The van der Waals surface area contributed by atoms with Gasteiger partial charge in [-0.15, -0.1) is 5.73 Å². The molecule has 0 radical (unpaired) electrons. The SMILES string of the molecule is CCCCC(Cl)=C=Cc1ccccc1Cl. The molecule has 0 spiro atoms. The van der Waals surface area contributed by atoms with E-state index in [2.05, 4.69) is 12.7 Å². The predicted molar refractivity (Wildman–Crippen MR) is 68.3 cm³/mol. The zero-order chi connectivity index (χ0) is 11.1. The van der Waals surface area contributed by atoms with Gasteiger partial charge in [0.15, 0.2) is 0 Å². The fourth-order valence-electron chi connectivity index (χ4n) is 1.15. The summed E-state index contributed by atoms with van der Waals surface area (Å²) in [6, 6.07) is 7.65. The molecule has 0 atom stereocenters. The van der Waals surface area contributed by atoms with Crippen LogP contribution in [0.25, 0.3) is 6.08 Å². The normalized spacial score (nSPS) is 9.53. The van der Waals surface area contributed by atoms with Crippen LogP contribution < -0.4 is 0 Å². The Morgan fingerprint density at radius 2 is 2.13 bits per heavy atom. The fourth-order valence-corrected chi connectivity index (χ4v) is 1.53. The van der Waals surface area contributed by atoms with Crippen LogP contribution in [-0.4, -0.2) is 0 Å². The Labute approximate surface area is 101 Å². The van der Waals surface area contributed by atoms with Crippen molar-refractivity contribution in [3.05, 3.63) is 45.6 Å². The summed E-state index contributed by atoms with van der Waals surface area (Å²) >= 11 is 12.0. The van der Waals surface area contributed by atoms with Crippen molar-refractivity contribution in [3.63, 3.8) is 0 Å². The van der Waals surface area contributed by atoms with Gasteiger partial charge in [0.05, 0.1) is 5.03 Å². The minimum absolute atomic E-state index is 0.727. The lowest BCUT2D eigenvalue weighted by atomic mass is 10.2. The molecule has 0 saturated carbocycles. The number of halogens is 2. The molecule has 80 valence electrons. The lowest BCUT2D eigenvalue weighted by Crippen LogP contribution is -1.73. The van der Waals surface area contributed by atoms with Gasteiger partial charge in [-0.05, 0) is 25.0 Å². The molecule has 15 heavy (non-hydrogen) atoms. The van der Waals surface area contributed by atoms with Gasteiger partial charge in [-0.1, -0.05) is 54.7 Å². The molecule has 0 N–H and O–H groups in total. The lowest BCUT2D eigenvalue weighted by Gasteiger charge is -1.95. The summed E-state index contributed by atoms with van der Waals surface area (Å²) in [6.07, 6.45) is 4.96. The monoisotopic (exact) mass is 240 g/mol. The van der Waals surface area contributed by atoms with E-state index in [-0.39, 0.29) is 0 Å². The minimum atomic E-state index is 0.727. The Bertz CT molecular complexity index is 374. The van der Waals surface area contributed by atoms with Gasteiger partial charge < -0.3 is 0 Å². The first-order chi connectivity index (χ1) is 7.24. The molecule has 1 rings (SSSR count). The number of allylic oxidation sites excluding steroid dienone is 1. The van der Waals surface area contributed by atoms with Crippen molar-refractivity contribution in [2.75, 3.05) is 0 Å². The van der Waals surface area contributed by atoms with E-state index in [0.717, 1.165) is 34.9 Å². The topological polar surface area (TPSA) is 0 Å². The quantitative estimate of drug-likeness (QED) is 0.630. The van der Waals surface area contributed by atoms with Crippen LogP contribution in [0.5, 0.6) is 0 Å². The molecule has 0 heterocycles. The van der Waals surface area contributed by atoms with Crippen LogP contribution in [0, 0.1) is 0 Å². The van der Waals surface area contributed by atoms with Crippen LogP contribution in [-0.2, 0) is 0 Å². The van der Waals surface area contributed by atoms with Gasteiger partial charge in [-0.25, -0.2) is 0 Å². The molecular weight excluding hydrogens is 227 g/mol. The molecule has 0 aliphatic heterocycles. The second-order valence-electron chi connectivity index (χ2n) is 3.32. The van der Waals surface area contributed by atoms with Crippen molar-refractivity contribution >= 4 is 29.3 Å². The van der Waals surface area contributed by atoms with Crippen molar-refractivity contribution in [3.8, 4) is 0 Å². The van der Waals surface area contributed by atoms with Gasteiger partial charge in [0.25, 0.3) is 0 Å². The maximum Gasteiger partial charge on any atom is 0.0597 e. The minimum Gasteiger partial charge on any atom is -0.104 e. The molecule has 0 nitrogen and oxygen atoms in total. The van der Waals surface area contributed by atoms with E-state index in [1.165, 1.54) is 0 Å². The van der Waals surface area contributed by atoms with Crippen LogP contribution in [0.3, 0.4) is 0 Å². The number of hydrogen-bond donors (Lipinski definition) is 0. The van der Waals surface area contributed by atoms with Crippen LogP contribution in [0.1, 0.15) is 31.7 Å². The van der Waals surface area contributed by atoms with Gasteiger partial charge in [-0.2, -0.15) is 0 Å². The summed E-state index contributed by atoms with van der Waals surface area (Å²) in [6.45, 7) is 2.14. The van der Waals surface area contributed by atoms with E-state index in [1.807, 2.05) is 30.3 Å². The first-order valence-electron chi connectivity index (χ1n) is 5.09. The Kier molecular flexibility index (Phi) is 5.57. The zero-order valence-electron chi connectivity index (χ0n) is 8.76. The summed E-state index contributed by atoms with van der Waals surface area (Å²) in [7, 11) is 0. The maximum absolute atomic E-state index is 5.99. The van der Waals surface area contributed by atoms with Gasteiger partial charge >= 0.3 is 0 Å². The number of rotatable bonds is 4. The summed E-state index contributed by atoms with van der Waals surface area (Å²) in [5.74, 6) is 0. The van der Waals surface area contributed by atoms with Crippen LogP contribution in [0.15, 0.2) is 35.0 Å². The van der Waals surface area contributed by atoms with E-state index in [9.17, 15) is 0 Å². The van der Waals surface area contributed by atoms with Gasteiger partial charge in [0, 0.05) is 10.6 Å². The second kappa shape index (κ2) is 6.74. The standard InChI is InChI=1S/C13H14Cl2/c1-2-3-7-12(14)10-9-11-6-4-5-8-13(11)15/h4-6,8-9H,2-3,7H2,1H3. The van der Waals surface area contributed by atoms with Gasteiger partial charge in [0.1, 0.15) is 0 Å². The summed E-state index contributed by atoms with van der Waals surface area (Å²) in [5.41, 5.74) is 4.00. The van der Waals surface area contributed by atoms with Crippen molar-refractivity contribution in [2.45, 2.75) is 26.2 Å². The Morgan fingerprint density at radius 1 is 1.40 bits per heavy atom. The van der Waals surface area contributed by atoms with Crippen LogP contribution in [0.2, 0.25) is 5.02 Å². The van der Waals surface area contributed by atoms with Gasteiger partial charge in [-0.3, -0.25) is 0 Å². The average Bonchev–Trinajstić information content (AvgIpc) is 2.25. The summed E-state index contributed by atoms with van der Waals surface area (Å²) in [5, 5.41) is 1.49. The Hall–Kier alpha value is -0.680. The molecule has 0 unspecified atom stereocenters. The van der Waals surface area contributed by atoms with Gasteiger partial charge in [0.2, 0.25) is 0 Å². The molecule has 1 aromatic carbocycles. The first kappa shape index (κ1) is 12.4. The summed E-state index contributed by atoms with van der Waals surface area (Å²) < 4.78 is 0. The number of hydrogen-bond acceptors (Lipinski definition) is 0. The van der Waals surface area contributed by atoms with Crippen molar-refractivity contribution < 1.29 is 0 Å². The highest BCUT2D eigenvalue weighted by atomic mass is 35.5. The number of benzene rings is 1. The van der Waals surface area contributed by atoms with Crippen molar-refractivity contribution in [1.82, 2.24) is 0 Å². The highest BCUT2D eigenvalue weighted by Crippen LogP contribution is 2.17. The van der Waals surface area contributed by atoms with E-state index in [0.29, 0.717) is 0 Å². The fraction of sp³-hybridized carbons (Fsp3) is 0.308. The third-order valence-corrected chi connectivity index (χ3v) is 2.68. The maximum atomic E-state index is 5.99. The second-order valence-corrected chi connectivity index (χ2v) is 4.18. The predicted octanol–water partition coefficient (Wildman–Crippen LogP) is 5.27. The number of unbranched alkanes of at least 4 members (excludes halogenated alkanes) is 1. The molecule has 0 bridgehead atoms. The van der Waals surface area contributed by atoms with Crippen molar-refractivity contribution in [1.29, 1.82) is 0 Å². The molecule has 0 aliphatic rings. The van der Waals surface area contributed by atoms with E-state index in [4.69, 9.17) is 23.2 Å². The van der Waals surface area contributed by atoms with Crippen molar-refractivity contribution in [2.24, 2.45) is 0 Å². The largest absolute Gasteiger partial charge is 0.104 e. The molecule has 0 saturated heterocycles. The average molecular weight is 241 g/mol. The first-order valence-corrected chi connectivity index (χ1v) is 5.85. The van der Waals surface area contributed by atoms with E-state index in [1.54, 1.807) is 0 Å². The summed E-state index contributed by atoms with van der Waals surface area (Å²) in [4.78, 5) is 0.